The first kappa shape index (κ1) is 17.1. The van der Waals surface area contributed by atoms with Crippen molar-refractivity contribution in [3.8, 4) is 0 Å². The van der Waals surface area contributed by atoms with Crippen molar-refractivity contribution in [1.82, 2.24) is 19.8 Å². The van der Waals surface area contributed by atoms with Crippen molar-refractivity contribution in [2.75, 3.05) is 26.3 Å². The van der Waals surface area contributed by atoms with Gasteiger partial charge in [0.05, 0.1) is 19.3 Å². The summed E-state index contributed by atoms with van der Waals surface area (Å²) in [6.45, 7) is 8.55. The zero-order valence-corrected chi connectivity index (χ0v) is 13.1. The molecule has 0 bridgehead atoms. The molecule has 0 aliphatic carbocycles. The predicted molar refractivity (Wildman–Crippen MR) is 77.0 cm³/mol. The lowest BCUT2D eigenvalue weighted by atomic mass is 10.4. The van der Waals surface area contributed by atoms with Crippen LogP contribution < -0.4 is 10.0 Å². The van der Waals surface area contributed by atoms with Gasteiger partial charge in [0, 0.05) is 31.9 Å². The molecule has 2 N–H and O–H groups in total. The molecule has 1 aromatic rings. The van der Waals surface area contributed by atoms with E-state index in [9.17, 15) is 8.42 Å². The molecule has 0 saturated carbocycles. The van der Waals surface area contributed by atoms with Crippen LogP contribution in [0.3, 0.4) is 0 Å². The van der Waals surface area contributed by atoms with Gasteiger partial charge >= 0.3 is 0 Å². The number of hydrogen-bond donors (Lipinski definition) is 2. The van der Waals surface area contributed by atoms with Crippen molar-refractivity contribution in [1.29, 1.82) is 0 Å². The Bertz CT molecular complexity index is 485. The molecule has 1 heterocycles. The molecule has 0 fully saturated rings. The Morgan fingerprint density at radius 1 is 1.40 bits per heavy atom. The van der Waals surface area contributed by atoms with Crippen LogP contribution in [0.5, 0.6) is 0 Å². The Morgan fingerprint density at radius 2 is 2.15 bits per heavy atom. The summed E-state index contributed by atoms with van der Waals surface area (Å²) in [5.41, 5.74) is 0. The monoisotopic (exact) mass is 304 g/mol. The lowest BCUT2D eigenvalue weighted by Crippen LogP contribution is -2.27. The van der Waals surface area contributed by atoms with Crippen LogP contribution in [0.2, 0.25) is 0 Å². The number of nitrogens with one attached hydrogen (secondary N) is 2. The van der Waals surface area contributed by atoms with E-state index in [4.69, 9.17) is 4.74 Å². The SMILES string of the molecule is CCOCCNS(=O)(=O)c1cnn(CCNC(C)C)c1. The second kappa shape index (κ2) is 8.35. The fourth-order valence-electron chi connectivity index (χ4n) is 1.55. The molecule has 0 aliphatic rings. The molecule has 0 spiro atoms. The van der Waals surface area contributed by atoms with Crippen LogP contribution in [0.1, 0.15) is 20.8 Å². The number of aromatic nitrogens is 2. The standard InChI is InChI=1S/C12H24N4O3S/c1-4-19-8-6-15-20(17,18)12-9-14-16(10-12)7-5-13-11(2)3/h9-11,13,15H,4-8H2,1-3H3. The van der Waals surface area contributed by atoms with Crippen molar-refractivity contribution in [3.63, 3.8) is 0 Å². The summed E-state index contributed by atoms with van der Waals surface area (Å²) in [4.78, 5) is 0.179. The van der Waals surface area contributed by atoms with Crippen LogP contribution in [0.25, 0.3) is 0 Å². The molecule has 0 radical (unpaired) electrons. The molecule has 20 heavy (non-hydrogen) atoms. The highest BCUT2D eigenvalue weighted by Crippen LogP contribution is 2.06. The second-order valence-electron chi connectivity index (χ2n) is 4.64. The van der Waals surface area contributed by atoms with Crippen molar-refractivity contribution < 1.29 is 13.2 Å². The summed E-state index contributed by atoms with van der Waals surface area (Å²) in [5.74, 6) is 0. The van der Waals surface area contributed by atoms with Crippen LogP contribution in [0, 0.1) is 0 Å². The topological polar surface area (TPSA) is 85.2 Å². The van der Waals surface area contributed by atoms with E-state index in [1.807, 2.05) is 6.92 Å². The van der Waals surface area contributed by atoms with Crippen LogP contribution in [0.15, 0.2) is 17.3 Å². The molecular weight excluding hydrogens is 280 g/mol. The number of ether oxygens (including phenoxy) is 1. The second-order valence-corrected chi connectivity index (χ2v) is 6.41. The lowest BCUT2D eigenvalue weighted by Gasteiger charge is -2.07. The van der Waals surface area contributed by atoms with Gasteiger partial charge in [-0.2, -0.15) is 5.10 Å². The molecular formula is C12H24N4O3S. The third kappa shape index (κ3) is 6.00. The highest BCUT2D eigenvalue weighted by Gasteiger charge is 2.15. The van der Waals surface area contributed by atoms with Crippen molar-refractivity contribution in [2.45, 2.75) is 38.3 Å². The summed E-state index contributed by atoms with van der Waals surface area (Å²) < 4.78 is 33.1. The first-order chi connectivity index (χ1) is 9.45. The van der Waals surface area contributed by atoms with Gasteiger partial charge in [0.1, 0.15) is 4.90 Å². The molecule has 0 aliphatic heterocycles. The van der Waals surface area contributed by atoms with Crippen LogP contribution >= 0.6 is 0 Å². The van der Waals surface area contributed by atoms with E-state index < -0.39 is 10.0 Å². The number of nitrogens with zero attached hydrogens (tertiary/aromatic N) is 2. The van der Waals surface area contributed by atoms with E-state index >= 15 is 0 Å². The summed E-state index contributed by atoms with van der Waals surface area (Å²) in [6.07, 6.45) is 2.89. The summed E-state index contributed by atoms with van der Waals surface area (Å²) in [5, 5.41) is 7.30. The molecule has 0 amide bonds. The average molecular weight is 304 g/mol. The summed E-state index contributed by atoms with van der Waals surface area (Å²) >= 11 is 0. The van der Waals surface area contributed by atoms with Gasteiger partial charge in [-0.3, -0.25) is 4.68 Å². The van der Waals surface area contributed by atoms with Gasteiger partial charge in [0.2, 0.25) is 10.0 Å². The minimum absolute atomic E-state index is 0.179. The third-order valence-corrected chi connectivity index (χ3v) is 3.97. The number of sulfonamides is 1. The van der Waals surface area contributed by atoms with Gasteiger partial charge in [-0.05, 0) is 6.92 Å². The summed E-state index contributed by atoms with van der Waals surface area (Å²) in [6, 6.07) is 0.397. The van der Waals surface area contributed by atoms with Gasteiger partial charge in [0.15, 0.2) is 0 Å². The maximum atomic E-state index is 12.0. The molecule has 7 nitrogen and oxygen atoms in total. The normalized spacial score (nSPS) is 12.2. The van der Waals surface area contributed by atoms with Gasteiger partial charge in [0.25, 0.3) is 0 Å². The Labute approximate surface area is 120 Å². The van der Waals surface area contributed by atoms with E-state index in [-0.39, 0.29) is 11.4 Å². The highest BCUT2D eigenvalue weighted by atomic mass is 32.2. The smallest absolute Gasteiger partial charge is 0.243 e. The fourth-order valence-corrected chi connectivity index (χ4v) is 2.51. The van der Waals surface area contributed by atoms with E-state index in [2.05, 4.69) is 29.0 Å². The maximum Gasteiger partial charge on any atom is 0.243 e. The van der Waals surface area contributed by atoms with Crippen LogP contribution in [-0.4, -0.2) is 50.5 Å². The van der Waals surface area contributed by atoms with Crippen molar-refractivity contribution >= 4 is 10.0 Å². The van der Waals surface area contributed by atoms with E-state index in [0.717, 1.165) is 6.54 Å². The van der Waals surface area contributed by atoms with Crippen molar-refractivity contribution in [3.05, 3.63) is 12.4 Å². The minimum Gasteiger partial charge on any atom is -0.380 e. The van der Waals surface area contributed by atoms with Gasteiger partial charge in [-0.25, -0.2) is 13.1 Å². The Balaban J connectivity index is 2.48. The van der Waals surface area contributed by atoms with Gasteiger partial charge < -0.3 is 10.1 Å². The van der Waals surface area contributed by atoms with E-state index in [0.29, 0.717) is 25.8 Å². The Hall–Kier alpha value is -0.960. The fraction of sp³-hybridized carbons (Fsp3) is 0.750. The predicted octanol–water partition coefficient (Wildman–Crippen LogP) is 0.196. The largest absolute Gasteiger partial charge is 0.380 e. The molecule has 8 heteroatoms. The molecule has 1 rings (SSSR count). The molecule has 0 atom stereocenters. The number of hydrogen-bond acceptors (Lipinski definition) is 5. The maximum absolute atomic E-state index is 12.0. The quantitative estimate of drug-likeness (QED) is 0.603. The zero-order valence-electron chi connectivity index (χ0n) is 12.3. The van der Waals surface area contributed by atoms with Gasteiger partial charge in [-0.15, -0.1) is 0 Å². The lowest BCUT2D eigenvalue weighted by molar-refractivity contribution is 0.153. The first-order valence-electron chi connectivity index (χ1n) is 6.79. The molecule has 1 aromatic heterocycles. The summed E-state index contributed by atoms with van der Waals surface area (Å²) in [7, 11) is -3.50. The first-order valence-corrected chi connectivity index (χ1v) is 8.27. The molecule has 0 aromatic carbocycles. The Morgan fingerprint density at radius 3 is 2.80 bits per heavy atom. The minimum atomic E-state index is -3.50. The molecule has 0 saturated heterocycles. The number of rotatable bonds is 10. The van der Waals surface area contributed by atoms with E-state index in [1.54, 1.807) is 4.68 Å². The molecule has 116 valence electrons. The third-order valence-electron chi connectivity index (χ3n) is 2.56. The van der Waals surface area contributed by atoms with Crippen LogP contribution in [0.4, 0.5) is 0 Å². The highest BCUT2D eigenvalue weighted by molar-refractivity contribution is 7.89. The van der Waals surface area contributed by atoms with E-state index in [1.165, 1.54) is 12.4 Å². The van der Waals surface area contributed by atoms with Gasteiger partial charge in [-0.1, -0.05) is 13.8 Å². The molecule has 0 unspecified atom stereocenters. The Kier molecular flexibility index (Phi) is 7.14. The van der Waals surface area contributed by atoms with Crippen molar-refractivity contribution in [2.24, 2.45) is 0 Å². The van der Waals surface area contributed by atoms with Crippen LogP contribution in [-0.2, 0) is 21.3 Å². The average Bonchev–Trinajstić information content (AvgIpc) is 2.84. The zero-order chi connectivity index (χ0) is 15.0.